The number of hydrogen-bond donors (Lipinski definition) is 0. The molecule has 0 aliphatic carbocycles. The van der Waals surface area contributed by atoms with Crippen LogP contribution >= 0.6 is 0 Å². The Labute approximate surface area is 591 Å². The van der Waals surface area contributed by atoms with Crippen molar-refractivity contribution in [1.82, 2.24) is 19.9 Å². The third-order valence-corrected chi connectivity index (χ3v) is 16.6. The fourth-order valence-electron chi connectivity index (χ4n) is 12.3. The van der Waals surface area contributed by atoms with Crippen molar-refractivity contribution in [3.05, 3.63) is 338 Å². The number of benzene rings is 14. The molecular weight excluding hydrogens is 1340 g/mol. The number of carbonyl (C=O) groups excluding carboxylic acids is 4. The van der Waals surface area contributed by atoms with Crippen molar-refractivity contribution in [2.75, 3.05) is 0 Å². The van der Waals surface area contributed by atoms with Crippen molar-refractivity contribution in [2.24, 2.45) is 0 Å². The van der Waals surface area contributed by atoms with Gasteiger partial charge in [0.05, 0.1) is 45.9 Å². The molecule has 468 valence electrons. The predicted molar refractivity (Wildman–Crippen MR) is 381 cm³/mol. The molecule has 0 radical (unpaired) electrons. The molecule has 0 atom stereocenters. The van der Waals surface area contributed by atoms with Gasteiger partial charge in [0.15, 0.2) is 0 Å². The molecule has 0 spiro atoms. The second kappa shape index (κ2) is 31.6. The molecule has 0 bridgehead atoms. The molecule has 4 aromatic heterocycles. The van der Waals surface area contributed by atoms with Gasteiger partial charge in [-0.3, -0.25) is 19.9 Å². The van der Waals surface area contributed by atoms with Crippen molar-refractivity contribution in [2.45, 2.75) is 0 Å². The van der Waals surface area contributed by atoms with Gasteiger partial charge in [0.1, 0.15) is 0 Å². The van der Waals surface area contributed by atoms with E-state index in [1.54, 1.807) is 24.8 Å². The zero-order valence-electron chi connectivity index (χ0n) is 53.0. The summed E-state index contributed by atoms with van der Waals surface area (Å²) in [7, 11) is 0. The van der Waals surface area contributed by atoms with Gasteiger partial charge in [0.25, 0.3) is 0 Å². The van der Waals surface area contributed by atoms with Gasteiger partial charge >= 0.3 is 39.0 Å². The van der Waals surface area contributed by atoms with Crippen LogP contribution in [-0.2, 0) is 39.0 Å². The molecule has 15 heteroatoms. The van der Waals surface area contributed by atoms with Gasteiger partial charge in [0.2, 0.25) is 0 Å². The molecule has 99 heavy (non-hydrogen) atoms. The molecule has 0 aliphatic rings. The van der Waals surface area contributed by atoms with Gasteiger partial charge in [-0.2, -0.15) is 0 Å². The average Bonchev–Trinajstić information content (AvgIpc) is 0.810. The first-order valence-corrected chi connectivity index (χ1v) is 30.6. The number of fused-ring (bicyclic) bond motifs is 14. The third kappa shape index (κ3) is 14.8. The van der Waals surface area contributed by atoms with Crippen molar-refractivity contribution in [3.63, 3.8) is 0 Å². The second-order valence-corrected chi connectivity index (χ2v) is 22.4. The molecule has 0 unspecified atom stereocenters. The molecule has 0 fully saturated rings. The maximum Gasteiger partial charge on any atom is 2.00 e. The zero-order chi connectivity index (χ0) is 66.1. The minimum atomic E-state index is -1.13. The normalized spacial score (nSPS) is 10.5. The first-order valence-electron chi connectivity index (χ1n) is 30.6. The van der Waals surface area contributed by atoms with Crippen LogP contribution in [0.1, 0.15) is 41.4 Å². The Morgan fingerprint density at radius 2 is 0.343 bits per heavy atom. The summed E-state index contributed by atoms with van der Waals surface area (Å²) in [5.41, 5.74) is 5.02. The smallest absolute Gasteiger partial charge is 0.545 e. The number of carboxylic acid groups (broad SMARTS) is 4. The van der Waals surface area contributed by atoms with Gasteiger partial charge in [-0.25, -0.2) is 0 Å². The van der Waals surface area contributed by atoms with Crippen LogP contribution in [0, 0.1) is 0 Å². The summed E-state index contributed by atoms with van der Waals surface area (Å²) in [6, 6.07) is 91.9. The first-order chi connectivity index (χ1) is 47.0. The van der Waals surface area contributed by atoms with E-state index in [2.05, 4.69) is 68.5 Å². The molecule has 0 saturated heterocycles. The van der Waals surface area contributed by atoms with E-state index in [9.17, 15) is 39.6 Å². The quantitative estimate of drug-likeness (QED) is 0.0907. The summed E-state index contributed by atoms with van der Waals surface area (Å²) in [5.74, 6) is -4.51. The number of rotatable bonds is 4. The maximum atomic E-state index is 11.3. The summed E-state index contributed by atoms with van der Waals surface area (Å²) in [5, 5.41) is 63.0. The Morgan fingerprint density at radius 1 is 0.202 bits per heavy atom. The topological polar surface area (TPSA) is 244 Å². The zero-order valence-corrected chi connectivity index (χ0v) is 58.9. The standard InChI is InChI=1S/4C15H10O2.2C12H8N2.H2O.2Zn/c4*16-15(17)14-12-7-3-1-5-10(12)9-11-6-2-4-8-13(11)14;2*1-3-9-5-6-10-4-2-8-14-12(10)11(9)13-7-1;;;/h4*1-9H,(H,16,17);2*1-8H;1H2;;/q;;;;;;;2*+2/p-4. The Morgan fingerprint density at radius 3 is 0.495 bits per heavy atom. The van der Waals surface area contributed by atoms with Gasteiger partial charge < -0.3 is 45.1 Å². The van der Waals surface area contributed by atoms with Crippen LogP contribution in [0.4, 0.5) is 0 Å². The van der Waals surface area contributed by atoms with Gasteiger partial charge in [0, 0.05) is 68.6 Å². The van der Waals surface area contributed by atoms with E-state index in [4.69, 9.17) is 0 Å². The van der Waals surface area contributed by atoms with Crippen molar-refractivity contribution in [1.29, 1.82) is 0 Å². The Hall–Kier alpha value is -12.1. The van der Waals surface area contributed by atoms with Gasteiger partial charge in [-0.05, 0) is 135 Å². The van der Waals surface area contributed by atoms with Crippen molar-refractivity contribution < 1.29 is 84.0 Å². The number of hydrogen-bond acceptors (Lipinski definition) is 12. The van der Waals surface area contributed by atoms with Crippen molar-refractivity contribution in [3.8, 4) is 0 Å². The largest absolute Gasteiger partial charge is 2.00 e. The number of carbonyl (C=O) groups is 4. The van der Waals surface area contributed by atoms with Crippen LogP contribution in [-0.4, -0.2) is 49.3 Å². The molecule has 0 saturated carbocycles. The molecular formula is C84H54N4O9Zn2. The molecule has 2 N–H and O–H groups in total. The van der Waals surface area contributed by atoms with E-state index >= 15 is 0 Å². The summed E-state index contributed by atoms with van der Waals surface area (Å²) in [4.78, 5) is 62.7. The Kier molecular flexibility index (Phi) is 22.3. The van der Waals surface area contributed by atoms with E-state index in [-0.39, 0.29) is 66.7 Å². The van der Waals surface area contributed by atoms with Gasteiger partial charge in [-0.15, -0.1) is 0 Å². The predicted octanol–water partition coefficient (Wildman–Crippen LogP) is 14.2. The van der Waals surface area contributed by atoms with Gasteiger partial charge in [-0.1, -0.05) is 243 Å². The number of aromatic nitrogens is 4. The van der Waals surface area contributed by atoms with Crippen LogP contribution < -0.4 is 20.4 Å². The summed E-state index contributed by atoms with van der Waals surface area (Å²) < 4.78 is 0. The van der Waals surface area contributed by atoms with Crippen LogP contribution in [0.3, 0.4) is 0 Å². The minimum Gasteiger partial charge on any atom is -0.545 e. The van der Waals surface area contributed by atoms with E-state index in [0.717, 1.165) is 130 Å². The molecule has 18 aromatic rings. The van der Waals surface area contributed by atoms with E-state index in [1.807, 2.05) is 243 Å². The summed E-state index contributed by atoms with van der Waals surface area (Å²) in [6.07, 6.45) is 7.21. The average molecular weight is 1390 g/mol. The van der Waals surface area contributed by atoms with E-state index < -0.39 is 23.9 Å². The molecule has 18 rings (SSSR count). The SMILES string of the molecule is O.O=C([O-])c1c2ccccc2cc2ccccc12.O=C([O-])c1c2ccccc2cc2ccccc12.O=C([O-])c1c2ccccc2cc2ccccc12.O=C([O-])c1c2ccccc2cc2ccccc12.[Zn+2].[Zn+2].c1cnc2c(c1)ccc1cccnc12.c1cnc2c(c1)ccc1cccnc12. The third-order valence-electron chi connectivity index (χ3n) is 16.6. The maximum absolute atomic E-state index is 11.3. The van der Waals surface area contributed by atoms with Crippen LogP contribution in [0.15, 0.2) is 316 Å². The van der Waals surface area contributed by atoms with Crippen LogP contribution in [0.5, 0.6) is 0 Å². The fourth-order valence-corrected chi connectivity index (χ4v) is 12.3. The molecule has 14 aromatic carbocycles. The molecule has 4 heterocycles. The number of pyridine rings is 4. The van der Waals surface area contributed by atoms with Crippen LogP contribution in [0.25, 0.3) is 130 Å². The monoisotopic (exact) mass is 1390 g/mol. The Bertz CT molecular complexity index is 5100. The van der Waals surface area contributed by atoms with E-state index in [0.29, 0.717) is 0 Å². The van der Waals surface area contributed by atoms with E-state index in [1.165, 1.54) is 0 Å². The second-order valence-electron chi connectivity index (χ2n) is 22.4. The van der Waals surface area contributed by atoms with Crippen molar-refractivity contribution >= 4 is 154 Å². The number of carboxylic acids is 4. The number of nitrogens with zero attached hydrogens (tertiary/aromatic N) is 4. The first kappa shape index (κ1) is 69.7. The molecule has 0 amide bonds. The molecule has 13 nitrogen and oxygen atoms in total. The van der Waals surface area contributed by atoms with Crippen LogP contribution in [0.2, 0.25) is 0 Å². The molecule has 0 aliphatic heterocycles. The minimum absolute atomic E-state index is 0. The fraction of sp³-hybridized carbons (Fsp3) is 0. The summed E-state index contributed by atoms with van der Waals surface area (Å²) in [6.45, 7) is 0. The summed E-state index contributed by atoms with van der Waals surface area (Å²) >= 11 is 0. The number of aromatic carboxylic acids is 4. The Balaban J connectivity index is 0.000000128.